The lowest BCUT2D eigenvalue weighted by molar-refractivity contribution is 0.102. The van der Waals surface area contributed by atoms with Gasteiger partial charge in [-0.25, -0.2) is 4.98 Å². The molecule has 4 rings (SSSR count). The summed E-state index contributed by atoms with van der Waals surface area (Å²) < 4.78 is 3.36. The van der Waals surface area contributed by atoms with Crippen molar-refractivity contribution in [3.05, 3.63) is 88.6 Å². The minimum Gasteiger partial charge on any atom is -0.322 e. The van der Waals surface area contributed by atoms with Crippen LogP contribution in [0.4, 0.5) is 5.69 Å². The van der Waals surface area contributed by atoms with Crippen LogP contribution in [0.25, 0.3) is 16.9 Å². The third-order valence-electron chi connectivity index (χ3n) is 4.46. The first-order valence-electron chi connectivity index (χ1n) is 8.55. The van der Waals surface area contributed by atoms with Gasteiger partial charge < -0.3 is 14.3 Å². The van der Waals surface area contributed by atoms with Gasteiger partial charge in [0.2, 0.25) is 0 Å². The molecule has 0 radical (unpaired) electrons. The Morgan fingerprint density at radius 1 is 1.07 bits per heavy atom. The van der Waals surface area contributed by atoms with Crippen molar-refractivity contribution in [2.75, 3.05) is 5.32 Å². The highest BCUT2D eigenvalue weighted by Gasteiger charge is 2.12. The second kappa shape index (κ2) is 6.57. The van der Waals surface area contributed by atoms with Gasteiger partial charge in [0.05, 0.1) is 5.69 Å². The van der Waals surface area contributed by atoms with Crippen LogP contribution >= 0.6 is 0 Å². The molecule has 27 heavy (non-hydrogen) atoms. The largest absolute Gasteiger partial charge is 0.322 e. The molecule has 0 fully saturated rings. The number of benzene rings is 1. The van der Waals surface area contributed by atoms with Crippen molar-refractivity contribution in [1.82, 2.24) is 14.0 Å². The summed E-state index contributed by atoms with van der Waals surface area (Å²) in [6.45, 7) is 2.02. The summed E-state index contributed by atoms with van der Waals surface area (Å²) in [6, 6.07) is 14.6. The number of carbonyl (C=O) groups excluding carboxylic acids is 1. The second-order valence-corrected chi connectivity index (χ2v) is 6.42. The Morgan fingerprint density at radius 3 is 2.70 bits per heavy atom. The summed E-state index contributed by atoms with van der Waals surface area (Å²) in [5, 5.41) is 2.79. The molecule has 1 aromatic carbocycles. The first-order chi connectivity index (χ1) is 13.0. The summed E-state index contributed by atoms with van der Waals surface area (Å²) in [6.07, 6.45) is 5.52. The highest BCUT2D eigenvalue weighted by molar-refractivity contribution is 6.04. The van der Waals surface area contributed by atoms with Gasteiger partial charge in [-0.05, 0) is 42.8 Å². The Bertz CT molecular complexity index is 1220. The average molecular weight is 358 g/mol. The number of hydrogen-bond acceptors (Lipinski definition) is 3. The monoisotopic (exact) mass is 358 g/mol. The van der Waals surface area contributed by atoms with Crippen LogP contribution in [-0.2, 0) is 7.05 Å². The highest BCUT2D eigenvalue weighted by Crippen LogP contribution is 2.23. The maximum Gasteiger partial charge on any atom is 0.263 e. The van der Waals surface area contributed by atoms with Crippen molar-refractivity contribution in [2.45, 2.75) is 6.92 Å². The number of amides is 1. The molecule has 3 aromatic heterocycles. The van der Waals surface area contributed by atoms with Crippen LogP contribution in [0, 0.1) is 6.92 Å². The zero-order valence-corrected chi connectivity index (χ0v) is 15.0. The summed E-state index contributed by atoms with van der Waals surface area (Å²) in [5.41, 5.74) is 4.07. The fraction of sp³-hybridized carbons (Fsp3) is 0.0952. The third-order valence-corrected chi connectivity index (χ3v) is 4.46. The van der Waals surface area contributed by atoms with E-state index in [0.29, 0.717) is 5.69 Å². The molecule has 1 amide bonds. The molecule has 0 unspecified atom stereocenters. The van der Waals surface area contributed by atoms with Crippen LogP contribution in [0.2, 0.25) is 0 Å². The van der Waals surface area contributed by atoms with E-state index in [1.807, 2.05) is 54.0 Å². The number of aromatic nitrogens is 3. The second-order valence-electron chi connectivity index (χ2n) is 6.42. The Morgan fingerprint density at radius 2 is 1.89 bits per heavy atom. The van der Waals surface area contributed by atoms with Crippen LogP contribution in [-0.4, -0.2) is 19.9 Å². The molecule has 0 aliphatic rings. The zero-order chi connectivity index (χ0) is 19.0. The average Bonchev–Trinajstić information content (AvgIpc) is 3.10. The summed E-state index contributed by atoms with van der Waals surface area (Å²) >= 11 is 0. The zero-order valence-electron chi connectivity index (χ0n) is 15.0. The molecule has 1 N–H and O–H groups in total. The van der Waals surface area contributed by atoms with E-state index < -0.39 is 5.91 Å². The number of imidazole rings is 1. The first kappa shape index (κ1) is 16.8. The van der Waals surface area contributed by atoms with Crippen LogP contribution in [0.5, 0.6) is 0 Å². The van der Waals surface area contributed by atoms with Crippen molar-refractivity contribution in [3.8, 4) is 11.3 Å². The van der Waals surface area contributed by atoms with Gasteiger partial charge in [-0.15, -0.1) is 0 Å². The topological polar surface area (TPSA) is 68.4 Å². The fourth-order valence-corrected chi connectivity index (χ4v) is 3.02. The first-order valence-corrected chi connectivity index (χ1v) is 8.55. The number of nitrogens with zero attached hydrogens (tertiary/aromatic N) is 3. The maximum atomic E-state index is 12.5. The number of anilines is 1. The molecule has 0 aliphatic heterocycles. The smallest absolute Gasteiger partial charge is 0.263 e. The van der Waals surface area contributed by atoms with Crippen molar-refractivity contribution in [1.29, 1.82) is 0 Å². The van der Waals surface area contributed by atoms with Gasteiger partial charge >= 0.3 is 0 Å². The molecule has 0 atom stereocenters. The number of pyridine rings is 2. The van der Waals surface area contributed by atoms with Crippen LogP contribution in [0.1, 0.15) is 15.9 Å². The van der Waals surface area contributed by atoms with Crippen molar-refractivity contribution in [3.63, 3.8) is 0 Å². The van der Waals surface area contributed by atoms with Crippen molar-refractivity contribution in [2.24, 2.45) is 7.05 Å². The molecular formula is C21H18N4O2. The van der Waals surface area contributed by atoms with E-state index in [2.05, 4.69) is 10.3 Å². The molecule has 0 bridgehead atoms. The molecular weight excluding hydrogens is 340 g/mol. The van der Waals surface area contributed by atoms with Gasteiger partial charge in [0.25, 0.3) is 11.5 Å². The predicted molar refractivity (Wildman–Crippen MR) is 105 cm³/mol. The SMILES string of the molecule is Cc1cccn2cc(-c3cccc(NC(=O)c4cccn(C)c4=O)c3)nc12. The number of fused-ring (bicyclic) bond motifs is 1. The molecule has 3 heterocycles. The molecule has 0 aliphatic carbocycles. The van der Waals surface area contributed by atoms with Gasteiger partial charge in [-0.1, -0.05) is 18.2 Å². The van der Waals surface area contributed by atoms with E-state index in [1.54, 1.807) is 25.4 Å². The lowest BCUT2D eigenvalue weighted by Gasteiger charge is -2.07. The quantitative estimate of drug-likeness (QED) is 0.611. The van der Waals surface area contributed by atoms with Gasteiger partial charge in [-0.3, -0.25) is 9.59 Å². The lowest BCUT2D eigenvalue weighted by atomic mass is 10.1. The molecule has 0 saturated heterocycles. The van der Waals surface area contributed by atoms with E-state index in [0.717, 1.165) is 22.5 Å². The maximum absolute atomic E-state index is 12.5. The summed E-state index contributed by atoms with van der Waals surface area (Å²) in [4.78, 5) is 29.3. The van der Waals surface area contributed by atoms with Crippen LogP contribution in [0.3, 0.4) is 0 Å². The Kier molecular flexibility index (Phi) is 4.08. The van der Waals surface area contributed by atoms with Gasteiger partial charge in [-0.2, -0.15) is 0 Å². The van der Waals surface area contributed by atoms with Crippen LogP contribution in [0.15, 0.2) is 71.9 Å². The minimum absolute atomic E-state index is 0.105. The van der Waals surface area contributed by atoms with E-state index >= 15 is 0 Å². The Hall–Kier alpha value is -3.67. The standard InChI is InChI=1S/C21H18N4O2/c1-14-6-4-11-25-13-18(23-19(14)25)15-7-3-8-16(12-15)22-20(26)17-9-5-10-24(2)21(17)27/h3-13H,1-2H3,(H,22,26). The highest BCUT2D eigenvalue weighted by atomic mass is 16.2. The van der Waals surface area contributed by atoms with E-state index in [4.69, 9.17) is 0 Å². The van der Waals surface area contributed by atoms with E-state index in [-0.39, 0.29) is 11.1 Å². The predicted octanol–water partition coefficient (Wildman–Crippen LogP) is 3.26. The molecule has 6 heteroatoms. The number of hydrogen-bond donors (Lipinski definition) is 1. The molecule has 0 spiro atoms. The normalized spacial score (nSPS) is 10.9. The molecule has 0 saturated carbocycles. The Labute approximate surface area is 155 Å². The summed E-state index contributed by atoms with van der Waals surface area (Å²) in [7, 11) is 1.62. The number of carbonyl (C=O) groups is 1. The number of rotatable bonds is 3. The summed E-state index contributed by atoms with van der Waals surface area (Å²) in [5.74, 6) is -0.431. The number of nitrogens with one attached hydrogen (secondary N) is 1. The number of aryl methyl sites for hydroxylation is 2. The van der Waals surface area contributed by atoms with Gasteiger partial charge in [0, 0.05) is 36.9 Å². The molecule has 6 nitrogen and oxygen atoms in total. The van der Waals surface area contributed by atoms with Crippen molar-refractivity contribution < 1.29 is 4.79 Å². The minimum atomic E-state index is -0.431. The van der Waals surface area contributed by atoms with Gasteiger partial charge in [0.15, 0.2) is 0 Å². The lowest BCUT2D eigenvalue weighted by Crippen LogP contribution is -2.26. The van der Waals surface area contributed by atoms with Crippen LogP contribution < -0.4 is 10.9 Å². The fourth-order valence-electron chi connectivity index (χ4n) is 3.02. The molecule has 4 aromatic rings. The van der Waals surface area contributed by atoms with E-state index in [9.17, 15) is 9.59 Å². The molecule has 134 valence electrons. The van der Waals surface area contributed by atoms with Gasteiger partial charge in [0.1, 0.15) is 11.2 Å². The Balaban J connectivity index is 1.66. The third kappa shape index (κ3) is 3.13. The van der Waals surface area contributed by atoms with Crippen molar-refractivity contribution >= 4 is 17.2 Å². The van der Waals surface area contributed by atoms with E-state index in [1.165, 1.54) is 10.6 Å².